The maximum atomic E-state index is 11.7. The summed E-state index contributed by atoms with van der Waals surface area (Å²) < 4.78 is 5.44. The number of rotatable bonds is 2. The average molecular weight is 329 g/mol. The number of esters is 1. The van der Waals surface area contributed by atoms with Gasteiger partial charge in [-0.25, -0.2) is 4.79 Å². The highest BCUT2D eigenvalue weighted by Crippen LogP contribution is 2.34. The van der Waals surface area contributed by atoms with Crippen molar-refractivity contribution in [1.82, 2.24) is 0 Å². The zero-order valence-electron chi connectivity index (χ0n) is 9.90. The first-order chi connectivity index (χ1) is 9.62. The molecule has 0 bridgehead atoms. The van der Waals surface area contributed by atoms with E-state index in [4.69, 9.17) is 20.5 Å². The Morgan fingerprint density at radius 1 is 1.25 bits per heavy atom. The first kappa shape index (κ1) is 13.6. The Hall–Kier alpha value is -2.82. The molecule has 6 nitrogen and oxygen atoms in total. The van der Waals surface area contributed by atoms with Crippen LogP contribution in [0.15, 0.2) is 27.9 Å². The van der Waals surface area contributed by atoms with E-state index in [1.54, 1.807) is 30.3 Å². The zero-order chi connectivity index (χ0) is 14.7. The zero-order valence-corrected chi connectivity index (χ0v) is 11.5. The van der Waals surface area contributed by atoms with Crippen molar-refractivity contribution in [2.24, 2.45) is 0 Å². The van der Waals surface area contributed by atoms with Gasteiger partial charge in [0.15, 0.2) is 5.57 Å². The molecule has 20 heavy (non-hydrogen) atoms. The number of halogens is 1. The summed E-state index contributed by atoms with van der Waals surface area (Å²) in [6.45, 7) is 0.158. The molecule has 0 amide bonds. The van der Waals surface area contributed by atoms with Crippen LogP contribution in [0.1, 0.15) is 15.9 Å². The Bertz CT molecular complexity index is 746. The molecule has 0 spiro atoms. The second-order valence-corrected chi connectivity index (χ2v) is 4.60. The predicted molar refractivity (Wildman–Crippen MR) is 70.7 cm³/mol. The summed E-state index contributed by atoms with van der Waals surface area (Å²) in [5, 5.41) is 29.3. The summed E-state index contributed by atoms with van der Waals surface area (Å²) in [5.74, 6) is -0.517. The summed E-state index contributed by atoms with van der Waals surface area (Å²) in [7, 11) is 0. The number of anilines is 1. The van der Waals surface area contributed by atoms with Gasteiger partial charge in [-0.05, 0) is 22.0 Å². The van der Waals surface area contributed by atoms with Gasteiger partial charge in [0.05, 0.1) is 11.3 Å². The van der Waals surface area contributed by atoms with Gasteiger partial charge in [0.2, 0.25) is 0 Å². The number of fused-ring (bicyclic) bond motifs is 1. The van der Waals surface area contributed by atoms with Crippen LogP contribution in [-0.2, 0) is 11.3 Å². The smallest absolute Gasteiger partial charge is 0.341 e. The van der Waals surface area contributed by atoms with Crippen LogP contribution in [0, 0.1) is 34.0 Å². The Labute approximate surface area is 122 Å². The van der Waals surface area contributed by atoms with Crippen molar-refractivity contribution >= 4 is 27.6 Å². The number of cyclic esters (lactones) is 1. The molecule has 0 saturated heterocycles. The van der Waals surface area contributed by atoms with Gasteiger partial charge in [-0.15, -0.1) is 0 Å². The molecule has 0 atom stereocenters. The maximum absolute atomic E-state index is 11.7. The van der Waals surface area contributed by atoms with E-state index in [0.29, 0.717) is 21.3 Å². The van der Waals surface area contributed by atoms with Crippen LogP contribution in [0.25, 0.3) is 0 Å². The van der Waals surface area contributed by atoms with Crippen LogP contribution >= 0.6 is 15.9 Å². The van der Waals surface area contributed by atoms with Gasteiger partial charge in [-0.3, -0.25) is 0 Å². The van der Waals surface area contributed by atoms with E-state index in [9.17, 15) is 4.79 Å². The molecule has 0 unspecified atom stereocenters. The van der Waals surface area contributed by atoms with Crippen LogP contribution in [0.3, 0.4) is 0 Å². The van der Waals surface area contributed by atoms with Crippen molar-refractivity contribution < 1.29 is 9.53 Å². The van der Waals surface area contributed by atoms with Gasteiger partial charge in [-0.2, -0.15) is 15.8 Å². The van der Waals surface area contributed by atoms with Crippen LogP contribution in [0.5, 0.6) is 0 Å². The van der Waals surface area contributed by atoms with Crippen molar-refractivity contribution in [3.05, 3.63) is 39.0 Å². The molecule has 2 rings (SSSR count). The van der Waals surface area contributed by atoms with E-state index in [1.807, 2.05) is 0 Å². The van der Waals surface area contributed by atoms with Gasteiger partial charge in [0.25, 0.3) is 0 Å². The monoisotopic (exact) mass is 328 g/mol. The molecule has 0 radical (unpaired) electrons. The van der Waals surface area contributed by atoms with E-state index >= 15 is 0 Å². The minimum atomic E-state index is -0.517. The molecule has 0 fully saturated rings. The number of nitrogens with one attached hydrogen (secondary N) is 1. The maximum Gasteiger partial charge on any atom is 0.341 e. The molecule has 1 aromatic rings. The van der Waals surface area contributed by atoms with Gasteiger partial charge in [0, 0.05) is 10.0 Å². The molecule has 96 valence electrons. The van der Waals surface area contributed by atoms with Crippen molar-refractivity contribution in [2.45, 2.75) is 6.61 Å². The lowest BCUT2D eigenvalue weighted by Crippen LogP contribution is -2.07. The van der Waals surface area contributed by atoms with Crippen molar-refractivity contribution in [2.75, 3.05) is 5.32 Å². The summed E-state index contributed by atoms with van der Waals surface area (Å²) in [4.78, 5) is 11.7. The first-order valence-corrected chi connectivity index (χ1v) is 6.11. The molecular formula is C13H5BrN4O2. The van der Waals surface area contributed by atoms with Gasteiger partial charge >= 0.3 is 5.97 Å². The molecule has 7 heteroatoms. The number of ether oxygens (including phenoxy) is 1. The van der Waals surface area contributed by atoms with E-state index in [-0.39, 0.29) is 17.9 Å². The number of benzene rings is 1. The van der Waals surface area contributed by atoms with E-state index in [2.05, 4.69) is 21.2 Å². The third-order valence-electron chi connectivity index (χ3n) is 2.64. The predicted octanol–water partition coefficient (Wildman–Crippen LogP) is 2.36. The Kier molecular flexibility index (Phi) is 3.70. The average Bonchev–Trinajstić information content (AvgIpc) is 2.83. The lowest BCUT2D eigenvalue weighted by molar-refractivity contribution is 0.0536. The van der Waals surface area contributed by atoms with Crippen molar-refractivity contribution in [3.63, 3.8) is 0 Å². The Morgan fingerprint density at radius 3 is 2.55 bits per heavy atom. The summed E-state index contributed by atoms with van der Waals surface area (Å²) in [5.41, 5.74) is 0.701. The number of carbonyl (C=O) groups excluding carboxylic acids is 1. The molecule has 1 heterocycles. The van der Waals surface area contributed by atoms with Crippen LogP contribution < -0.4 is 5.32 Å². The van der Waals surface area contributed by atoms with E-state index < -0.39 is 5.97 Å². The number of nitriles is 3. The van der Waals surface area contributed by atoms with Crippen LogP contribution in [0.2, 0.25) is 0 Å². The molecule has 0 aromatic heterocycles. The largest absolute Gasteiger partial charge is 0.457 e. The molecule has 1 aliphatic heterocycles. The molecule has 1 N–H and O–H groups in total. The Balaban J connectivity index is 2.57. The van der Waals surface area contributed by atoms with Crippen molar-refractivity contribution in [3.8, 4) is 18.2 Å². The normalized spacial score (nSPS) is 11.4. The summed E-state index contributed by atoms with van der Waals surface area (Å²) in [6.07, 6.45) is 0. The fourth-order valence-electron chi connectivity index (χ4n) is 1.72. The summed E-state index contributed by atoms with van der Waals surface area (Å²) in [6, 6.07) is 8.40. The number of nitrogens with zero attached hydrogens (tertiary/aromatic N) is 3. The van der Waals surface area contributed by atoms with Crippen LogP contribution in [0.4, 0.5) is 5.69 Å². The minimum absolute atomic E-state index is 0.158. The highest BCUT2D eigenvalue weighted by molar-refractivity contribution is 9.10. The highest BCUT2D eigenvalue weighted by Gasteiger charge is 2.27. The van der Waals surface area contributed by atoms with E-state index in [1.165, 1.54) is 0 Å². The summed E-state index contributed by atoms with van der Waals surface area (Å²) >= 11 is 3.26. The second kappa shape index (κ2) is 5.44. The molecule has 1 aliphatic rings. The minimum Gasteiger partial charge on any atom is -0.457 e. The standard InChI is InChI=1S/C13H5BrN4O2/c14-9-2-1-7-6-20-13(19)11(7)12(9)18-10(5-17)8(3-15)4-16/h1-2,18H,6H2. The SMILES string of the molecule is N#CC(C#N)=C(C#N)Nc1c(Br)ccc2c1C(=O)OC2. The molecule has 0 saturated carbocycles. The topological polar surface area (TPSA) is 110 Å². The lowest BCUT2D eigenvalue weighted by Gasteiger charge is -2.10. The van der Waals surface area contributed by atoms with Crippen LogP contribution in [-0.4, -0.2) is 5.97 Å². The Morgan fingerprint density at radius 2 is 1.95 bits per heavy atom. The van der Waals surface area contributed by atoms with Gasteiger partial charge < -0.3 is 10.1 Å². The highest BCUT2D eigenvalue weighted by atomic mass is 79.9. The molecule has 1 aromatic carbocycles. The quantitative estimate of drug-likeness (QED) is 0.659. The number of hydrogen-bond acceptors (Lipinski definition) is 6. The molecular weight excluding hydrogens is 324 g/mol. The third-order valence-corrected chi connectivity index (χ3v) is 3.30. The van der Waals surface area contributed by atoms with Gasteiger partial charge in [0.1, 0.15) is 30.5 Å². The second-order valence-electron chi connectivity index (χ2n) is 3.74. The lowest BCUT2D eigenvalue weighted by atomic mass is 10.1. The number of allylic oxidation sites excluding steroid dienone is 2. The third kappa shape index (κ3) is 2.21. The van der Waals surface area contributed by atoms with Crippen molar-refractivity contribution in [1.29, 1.82) is 15.8 Å². The molecule has 0 aliphatic carbocycles. The van der Waals surface area contributed by atoms with Gasteiger partial charge in [-0.1, -0.05) is 6.07 Å². The fraction of sp³-hybridized carbons (Fsp3) is 0.0769. The number of carbonyl (C=O) groups is 1. The number of hydrogen-bond donors (Lipinski definition) is 1. The first-order valence-electron chi connectivity index (χ1n) is 5.32. The van der Waals surface area contributed by atoms with E-state index in [0.717, 1.165) is 0 Å². The fourth-order valence-corrected chi connectivity index (χ4v) is 2.15.